The quantitative estimate of drug-likeness (QED) is 0.586. The lowest BCUT2D eigenvalue weighted by atomic mass is 10.2. The maximum Gasteiger partial charge on any atom is 0.0481 e. The Morgan fingerprint density at radius 1 is 1.33 bits per heavy atom. The first kappa shape index (κ1) is 7.69. The van der Waals surface area contributed by atoms with Gasteiger partial charge in [-0.3, -0.25) is 0 Å². The molecule has 0 aliphatic rings. The van der Waals surface area contributed by atoms with Crippen molar-refractivity contribution in [3.8, 4) is 0 Å². The molecule has 0 amide bonds. The Bertz CT molecular complexity index is 429. The molecule has 0 aliphatic heterocycles. The Labute approximate surface area is 76.6 Å². The highest BCUT2D eigenvalue weighted by Crippen LogP contribution is 2.23. The van der Waals surface area contributed by atoms with Crippen LogP contribution in [0.25, 0.3) is 10.9 Å². The average molecular weight is 180 g/mol. The van der Waals surface area contributed by atoms with Crippen LogP contribution in [0, 0.1) is 6.92 Å². The van der Waals surface area contributed by atoms with Crippen LogP contribution in [0.4, 0.5) is 0 Å². The fourth-order valence-corrected chi connectivity index (χ4v) is 1.57. The van der Waals surface area contributed by atoms with Gasteiger partial charge >= 0.3 is 0 Å². The van der Waals surface area contributed by atoms with Gasteiger partial charge in [0.15, 0.2) is 0 Å². The van der Waals surface area contributed by atoms with Gasteiger partial charge in [-0.25, -0.2) is 0 Å². The van der Waals surface area contributed by atoms with E-state index < -0.39 is 0 Å². The van der Waals surface area contributed by atoms with E-state index in [-0.39, 0.29) is 0 Å². The second-order valence-corrected chi connectivity index (χ2v) is 3.49. The Balaban J connectivity index is 2.87. The molecule has 0 fully saturated rings. The van der Waals surface area contributed by atoms with Gasteiger partial charge in [-0.05, 0) is 30.7 Å². The number of nitrogens with zero attached hydrogens (tertiary/aromatic N) is 1. The molecular formula is C10H10ClN. The van der Waals surface area contributed by atoms with Crippen LogP contribution in [0.2, 0.25) is 5.02 Å². The fraction of sp³-hybridized carbons (Fsp3) is 0.200. The minimum Gasteiger partial charge on any atom is -0.351 e. The molecule has 0 spiro atoms. The summed E-state index contributed by atoms with van der Waals surface area (Å²) in [6, 6.07) is 6.19. The van der Waals surface area contributed by atoms with E-state index in [4.69, 9.17) is 11.6 Å². The topological polar surface area (TPSA) is 4.93 Å². The standard InChI is InChI=1S/C10H10ClN/c1-7-5-10-8(6-9(7)11)3-4-12(10)2/h3-6H,1-2H3. The van der Waals surface area contributed by atoms with Gasteiger partial charge in [0.05, 0.1) is 0 Å². The van der Waals surface area contributed by atoms with Gasteiger partial charge in [-0.15, -0.1) is 0 Å². The monoisotopic (exact) mass is 179 g/mol. The second kappa shape index (κ2) is 2.53. The SMILES string of the molecule is Cc1cc2c(ccn2C)cc1Cl. The summed E-state index contributed by atoms with van der Waals surface area (Å²) in [5.74, 6) is 0. The molecule has 2 rings (SSSR count). The highest BCUT2D eigenvalue weighted by molar-refractivity contribution is 6.32. The smallest absolute Gasteiger partial charge is 0.0481 e. The molecule has 0 aliphatic carbocycles. The maximum absolute atomic E-state index is 5.99. The third kappa shape index (κ3) is 1.01. The molecule has 1 nitrogen and oxygen atoms in total. The van der Waals surface area contributed by atoms with Crippen LogP contribution in [0.3, 0.4) is 0 Å². The van der Waals surface area contributed by atoms with Crippen molar-refractivity contribution in [3.05, 3.63) is 35.0 Å². The summed E-state index contributed by atoms with van der Waals surface area (Å²) in [4.78, 5) is 0. The van der Waals surface area contributed by atoms with Gasteiger partial charge in [-0.1, -0.05) is 11.6 Å². The molecule has 1 aromatic heterocycles. The van der Waals surface area contributed by atoms with Gasteiger partial charge in [0.2, 0.25) is 0 Å². The highest BCUT2D eigenvalue weighted by Gasteiger charge is 2.00. The van der Waals surface area contributed by atoms with E-state index in [2.05, 4.69) is 16.7 Å². The molecule has 2 aromatic rings. The lowest BCUT2D eigenvalue weighted by Gasteiger charge is -1.99. The minimum absolute atomic E-state index is 0.841. The Morgan fingerprint density at radius 2 is 2.08 bits per heavy atom. The van der Waals surface area contributed by atoms with Gasteiger partial charge in [0.25, 0.3) is 0 Å². The molecule has 2 heteroatoms. The summed E-state index contributed by atoms with van der Waals surface area (Å²) >= 11 is 5.99. The van der Waals surface area contributed by atoms with E-state index in [1.165, 1.54) is 10.9 Å². The summed E-state index contributed by atoms with van der Waals surface area (Å²) in [6.45, 7) is 2.02. The Hall–Kier alpha value is -0.950. The predicted octanol–water partition coefficient (Wildman–Crippen LogP) is 3.14. The minimum atomic E-state index is 0.841. The van der Waals surface area contributed by atoms with Crippen LogP contribution in [-0.2, 0) is 7.05 Å². The third-order valence-corrected chi connectivity index (χ3v) is 2.57. The van der Waals surface area contributed by atoms with Gasteiger partial charge in [0, 0.05) is 29.2 Å². The number of hydrogen-bond acceptors (Lipinski definition) is 0. The lowest BCUT2D eigenvalue weighted by Crippen LogP contribution is -1.84. The molecular weight excluding hydrogens is 170 g/mol. The van der Waals surface area contributed by atoms with Crippen molar-refractivity contribution in [1.82, 2.24) is 4.57 Å². The van der Waals surface area contributed by atoms with Crippen molar-refractivity contribution in [2.75, 3.05) is 0 Å². The largest absolute Gasteiger partial charge is 0.351 e. The van der Waals surface area contributed by atoms with E-state index in [9.17, 15) is 0 Å². The molecule has 0 N–H and O–H groups in total. The Kier molecular flexibility index (Phi) is 1.62. The molecule has 0 atom stereocenters. The molecule has 1 aromatic carbocycles. The van der Waals surface area contributed by atoms with E-state index >= 15 is 0 Å². The fourth-order valence-electron chi connectivity index (χ4n) is 1.39. The van der Waals surface area contributed by atoms with Crippen LogP contribution >= 0.6 is 11.6 Å². The van der Waals surface area contributed by atoms with E-state index in [0.29, 0.717) is 0 Å². The zero-order chi connectivity index (χ0) is 8.72. The van der Waals surface area contributed by atoms with Crippen LogP contribution in [-0.4, -0.2) is 4.57 Å². The zero-order valence-electron chi connectivity index (χ0n) is 7.13. The number of rotatable bonds is 0. The van der Waals surface area contributed by atoms with Crippen molar-refractivity contribution < 1.29 is 0 Å². The molecule has 1 heterocycles. The number of hydrogen-bond donors (Lipinski definition) is 0. The average Bonchev–Trinajstić information content (AvgIpc) is 2.35. The number of aryl methyl sites for hydroxylation is 2. The molecule has 12 heavy (non-hydrogen) atoms. The van der Waals surface area contributed by atoms with Crippen molar-refractivity contribution in [2.45, 2.75) is 6.92 Å². The molecule has 0 saturated carbocycles. The molecule has 0 saturated heterocycles. The van der Waals surface area contributed by atoms with Crippen LogP contribution < -0.4 is 0 Å². The van der Waals surface area contributed by atoms with Gasteiger partial charge < -0.3 is 4.57 Å². The van der Waals surface area contributed by atoms with Crippen LogP contribution in [0.5, 0.6) is 0 Å². The second-order valence-electron chi connectivity index (χ2n) is 3.09. The summed E-state index contributed by atoms with van der Waals surface area (Å²) in [7, 11) is 2.04. The van der Waals surface area contributed by atoms with E-state index in [1.807, 2.05) is 26.2 Å². The number of benzene rings is 1. The maximum atomic E-state index is 5.99. The Morgan fingerprint density at radius 3 is 2.83 bits per heavy atom. The zero-order valence-corrected chi connectivity index (χ0v) is 7.89. The summed E-state index contributed by atoms with van der Waals surface area (Å²) in [5, 5.41) is 2.04. The van der Waals surface area contributed by atoms with Crippen LogP contribution in [0.1, 0.15) is 5.56 Å². The normalized spacial score (nSPS) is 10.9. The molecule has 0 bridgehead atoms. The number of halogens is 1. The highest BCUT2D eigenvalue weighted by atomic mass is 35.5. The first-order valence-electron chi connectivity index (χ1n) is 3.89. The van der Waals surface area contributed by atoms with E-state index in [1.54, 1.807) is 0 Å². The van der Waals surface area contributed by atoms with Crippen molar-refractivity contribution >= 4 is 22.5 Å². The number of fused-ring (bicyclic) bond motifs is 1. The van der Waals surface area contributed by atoms with Crippen molar-refractivity contribution in [2.24, 2.45) is 7.05 Å². The first-order chi connectivity index (χ1) is 5.68. The molecule has 0 unspecified atom stereocenters. The first-order valence-corrected chi connectivity index (χ1v) is 4.27. The third-order valence-electron chi connectivity index (χ3n) is 2.17. The van der Waals surface area contributed by atoms with Gasteiger partial charge in [-0.2, -0.15) is 0 Å². The predicted molar refractivity (Wildman–Crippen MR) is 52.7 cm³/mol. The number of aromatic nitrogens is 1. The summed E-state index contributed by atoms with van der Waals surface area (Å²) < 4.78 is 2.10. The van der Waals surface area contributed by atoms with Gasteiger partial charge in [0.1, 0.15) is 0 Å². The van der Waals surface area contributed by atoms with Crippen molar-refractivity contribution in [1.29, 1.82) is 0 Å². The summed E-state index contributed by atoms with van der Waals surface area (Å²) in [6.07, 6.45) is 2.04. The summed E-state index contributed by atoms with van der Waals surface area (Å²) in [5.41, 5.74) is 2.36. The van der Waals surface area contributed by atoms with Crippen molar-refractivity contribution in [3.63, 3.8) is 0 Å². The van der Waals surface area contributed by atoms with E-state index in [0.717, 1.165) is 10.6 Å². The lowest BCUT2D eigenvalue weighted by molar-refractivity contribution is 0.968. The molecule has 0 radical (unpaired) electrons. The molecule has 62 valence electrons. The van der Waals surface area contributed by atoms with Crippen LogP contribution in [0.15, 0.2) is 24.4 Å².